The molecule has 3 heteroatoms. The van der Waals surface area contributed by atoms with Gasteiger partial charge in [0.05, 0.1) is 18.4 Å². The average Bonchev–Trinajstić information content (AvgIpc) is 2.79. The summed E-state index contributed by atoms with van der Waals surface area (Å²) < 4.78 is 2.05. The van der Waals surface area contributed by atoms with Crippen molar-refractivity contribution in [1.29, 1.82) is 0 Å². The lowest BCUT2D eigenvalue weighted by atomic mass is 9.97. The van der Waals surface area contributed by atoms with Crippen LogP contribution in [0.1, 0.15) is 37.6 Å². The predicted molar refractivity (Wildman–Crippen MR) is 75.2 cm³/mol. The standard InChI is InChI=1S/C15H21N3/c1-4-11(2)12-5-7-13(8-6-12)14-10-17-15(9-16)18(14)3/h5-8,10-11H,4,9,16H2,1-3H3. The smallest absolute Gasteiger partial charge is 0.122 e. The van der Waals surface area contributed by atoms with Gasteiger partial charge in [-0.15, -0.1) is 0 Å². The fourth-order valence-electron chi connectivity index (χ4n) is 2.12. The minimum absolute atomic E-state index is 0.474. The summed E-state index contributed by atoms with van der Waals surface area (Å²) in [5, 5.41) is 0. The maximum absolute atomic E-state index is 5.64. The Balaban J connectivity index is 2.31. The van der Waals surface area contributed by atoms with Crippen LogP contribution in [0, 0.1) is 0 Å². The molecule has 18 heavy (non-hydrogen) atoms. The Morgan fingerprint density at radius 2 is 1.94 bits per heavy atom. The van der Waals surface area contributed by atoms with Crippen molar-refractivity contribution in [2.45, 2.75) is 32.7 Å². The van der Waals surface area contributed by atoms with E-state index in [1.807, 2.05) is 13.2 Å². The van der Waals surface area contributed by atoms with Crippen LogP contribution >= 0.6 is 0 Å². The van der Waals surface area contributed by atoms with Crippen LogP contribution < -0.4 is 5.73 Å². The summed E-state index contributed by atoms with van der Waals surface area (Å²) in [6.07, 6.45) is 3.06. The molecule has 1 aromatic carbocycles. The molecule has 2 rings (SSSR count). The molecule has 2 aromatic rings. The molecule has 0 aliphatic heterocycles. The molecule has 0 saturated heterocycles. The van der Waals surface area contributed by atoms with E-state index in [1.54, 1.807) is 0 Å². The van der Waals surface area contributed by atoms with Gasteiger partial charge in [0.2, 0.25) is 0 Å². The average molecular weight is 243 g/mol. The van der Waals surface area contributed by atoms with E-state index < -0.39 is 0 Å². The van der Waals surface area contributed by atoms with Crippen LogP contribution in [0.2, 0.25) is 0 Å². The van der Waals surface area contributed by atoms with Gasteiger partial charge in [0.15, 0.2) is 0 Å². The van der Waals surface area contributed by atoms with Gasteiger partial charge < -0.3 is 10.3 Å². The summed E-state index contributed by atoms with van der Waals surface area (Å²) in [7, 11) is 2.01. The molecule has 3 nitrogen and oxygen atoms in total. The van der Waals surface area contributed by atoms with Crippen LogP contribution in [0.5, 0.6) is 0 Å². The second-order valence-corrected chi connectivity index (χ2v) is 4.75. The molecule has 0 aliphatic carbocycles. The van der Waals surface area contributed by atoms with Crippen molar-refractivity contribution in [3.63, 3.8) is 0 Å². The maximum Gasteiger partial charge on any atom is 0.122 e. The Hall–Kier alpha value is -1.61. The van der Waals surface area contributed by atoms with E-state index in [1.165, 1.54) is 17.5 Å². The molecule has 1 atom stereocenters. The first-order valence-electron chi connectivity index (χ1n) is 6.48. The molecule has 0 aliphatic rings. The molecule has 0 fully saturated rings. The first-order valence-corrected chi connectivity index (χ1v) is 6.48. The maximum atomic E-state index is 5.64. The van der Waals surface area contributed by atoms with Crippen molar-refractivity contribution >= 4 is 0 Å². The van der Waals surface area contributed by atoms with Crippen molar-refractivity contribution in [3.05, 3.63) is 41.9 Å². The Morgan fingerprint density at radius 3 is 2.44 bits per heavy atom. The number of nitrogens with zero attached hydrogens (tertiary/aromatic N) is 2. The highest BCUT2D eigenvalue weighted by molar-refractivity contribution is 5.59. The second kappa shape index (κ2) is 5.36. The Bertz CT molecular complexity index is 511. The van der Waals surface area contributed by atoms with Gasteiger partial charge in [0.25, 0.3) is 0 Å². The molecule has 0 saturated carbocycles. The Morgan fingerprint density at radius 1 is 1.28 bits per heavy atom. The zero-order valence-corrected chi connectivity index (χ0v) is 11.4. The van der Waals surface area contributed by atoms with Gasteiger partial charge >= 0.3 is 0 Å². The summed E-state index contributed by atoms with van der Waals surface area (Å²) in [6, 6.07) is 8.74. The van der Waals surface area contributed by atoms with E-state index in [0.717, 1.165) is 11.5 Å². The van der Waals surface area contributed by atoms with Gasteiger partial charge in [0.1, 0.15) is 5.82 Å². The van der Waals surface area contributed by atoms with E-state index in [2.05, 4.69) is 47.7 Å². The number of hydrogen-bond donors (Lipinski definition) is 1. The molecular formula is C15H21N3. The van der Waals surface area contributed by atoms with Crippen LogP contribution in [0.15, 0.2) is 30.5 Å². The minimum atomic E-state index is 0.474. The van der Waals surface area contributed by atoms with Crippen LogP contribution in [0.4, 0.5) is 0 Å². The number of aromatic nitrogens is 2. The molecule has 1 unspecified atom stereocenters. The molecular weight excluding hydrogens is 222 g/mol. The number of benzene rings is 1. The fraction of sp³-hybridized carbons (Fsp3) is 0.400. The first kappa shape index (κ1) is 12.8. The van der Waals surface area contributed by atoms with Gasteiger partial charge in [-0.05, 0) is 23.5 Å². The molecule has 2 N–H and O–H groups in total. The zero-order chi connectivity index (χ0) is 13.1. The highest BCUT2D eigenvalue weighted by Crippen LogP contribution is 2.24. The quantitative estimate of drug-likeness (QED) is 0.897. The van der Waals surface area contributed by atoms with Crippen LogP contribution in [-0.4, -0.2) is 9.55 Å². The van der Waals surface area contributed by atoms with Gasteiger partial charge in [0, 0.05) is 7.05 Å². The lowest BCUT2D eigenvalue weighted by molar-refractivity contribution is 0.733. The SMILES string of the molecule is CCC(C)c1ccc(-c2cnc(CN)n2C)cc1. The van der Waals surface area contributed by atoms with E-state index in [-0.39, 0.29) is 0 Å². The molecule has 0 radical (unpaired) electrons. The van der Waals surface area contributed by atoms with E-state index in [4.69, 9.17) is 5.73 Å². The normalized spacial score (nSPS) is 12.7. The number of hydrogen-bond acceptors (Lipinski definition) is 2. The third-order valence-corrected chi connectivity index (χ3v) is 3.65. The second-order valence-electron chi connectivity index (χ2n) is 4.75. The van der Waals surface area contributed by atoms with Crippen molar-refractivity contribution in [1.82, 2.24) is 9.55 Å². The number of rotatable bonds is 4. The van der Waals surface area contributed by atoms with Gasteiger partial charge in [-0.1, -0.05) is 38.1 Å². The molecule has 1 heterocycles. The summed E-state index contributed by atoms with van der Waals surface area (Å²) in [5.41, 5.74) is 9.34. The zero-order valence-electron chi connectivity index (χ0n) is 11.4. The van der Waals surface area contributed by atoms with Crippen LogP contribution in [0.3, 0.4) is 0 Å². The predicted octanol–water partition coefficient (Wildman–Crippen LogP) is 3.06. The van der Waals surface area contributed by atoms with Crippen molar-refractivity contribution < 1.29 is 0 Å². The highest BCUT2D eigenvalue weighted by Gasteiger charge is 2.08. The van der Waals surface area contributed by atoms with Crippen LogP contribution in [-0.2, 0) is 13.6 Å². The number of imidazole rings is 1. The lowest BCUT2D eigenvalue weighted by Crippen LogP contribution is -2.05. The van der Waals surface area contributed by atoms with Crippen molar-refractivity contribution in [2.75, 3.05) is 0 Å². The summed E-state index contributed by atoms with van der Waals surface area (Å²) in [6.45, 7) is 4.94. The Kier molecular flexibility index (Phi) is 3.82. The van der Waals surface area contributed by atoms with Crippen LogP contribution in [0.25, 0.3) is 11.3 Å². The highest BCUT2D eigenvalue weighted by atomic mass is 15.1. The summed E-state index contributed by atoms with van der Waals surface area (Å²) >= 11 is 0. The monoisotopic (exact) mass is 243 g/mol. The van der Waals surface area contributed by atoms with E-state index in [9.17, 15) is 0 Å². The molecule has 96 valence electrons. The van der Waals surface area contributed by atoms with Gasteiger partial charge in [-0.25, -0.2) is 4.98 Å². The lowest BCUT2D eigenvalue weighted by Gasteiger charge is -2.10. The third kappa shape index (κ3) is 2.31. The molecule has 0 spiro atoms. The van der Waals surface area contributed by atoms with E-state index in [0.29, 0.717) is 12.5 Å². The largest absolute Gasteiger partial charge is 0.330 e. The molecule has 0 bridgehead atoms. The van der Waals surface area contributed by atoms with E-state index >= 15 is 0 Å². The van der Waals surface area contributed by atoms with Crippen molar-refractivity contribution in [3.8, 4) is 11.3 Å². The molecule has 0 amide bonds. The molecule has 1 aromatic heterocycles. The topological polar surface area (TPSA) is 43.8 Å². The summed E-state index contributed by atoms with van der Waals surface area (Å²) in [4.78, 5) is 4.32. The third-order valence-electron chi connectivity index (χ3n) is 3.65. The first-order chi connectivity index (χ1) is 8.67. The summed E-state index contributed by atoms with van der Waals surface area (Å²) in [5.74, 6) is 1.53. The minimum Gasteiger partial charge on any atom is -0.330 e. The number of nitrogens with two attached hydrogens (primary N) is 1. The van der Waals surface area contributed by atoms with Gasteiger partial charge in [-0.3, -0.25) is 0 Å². The Labute approximate surface area is 109 Å². The van der Waals surface area contributed by atoms with Crippen molar-refractivity contribution in [2.24, 2.45) is 12.8 Å². The fourth-order valence-corrected chi connectivity index (χ4v) is 2.12. The van der Waals surface area contributed by atoms with Gasteiger partial charge in [-0.2, -0.15) is 0 Å².